The van der Waals surface area contributed by atoms with Crippen LogP contribution in [-0.4, -0.2) is 37.5 Å². The molecule has 0 aliphatic carbocycles. The molecule has 2 atom stereocenters. The predicted molar refractivity (Wildman–Crippen MR) is 96.4 cm³/mol. The number of benzene rings is 1. The normalized spacial score (nSPS) is 20.5. The van der Waals surface area contributed by atoms with E-state index >= 15 is 0 Å². The minimum absolute atomic E-state index is 0.0983. The number of sulfonamides is 1. The van der Waals surface area contributed by atoms with E-state index in [0.29, 0.717) is 30.8 Å². The Morgan fingerprint density at radius 1 is 1.46 bits per heavy atom. The predicted octanol–water partition coefficient (Wildman–Crippen LogP) is 2.97. The molecule has 1 fully saturated rings. The first kappa shape index (κ1) is 19.2. The molecule has 0 spiro atoms. The Morgan fingerprint density at radius 2 is 2.21 bits per heavy atom. The molecule has 5 nitrogen and oxygen atoms in total. The van der Waals surface area contributed by atoms with Gasteiger partial charge in [0.1, 0.15) is 0 Å². The molecule has 2 rings (SSSR count). The van der Waals surface area contributed by atoms with E-state index in [1.807, 2.05) is 32.0 Å². The highest BCUT2D eigenvalue weighted by Crippen LogP contribution is 2.22. The highest BCUT2D eigenvalue weighted by molar-refractivity contribution is 7.89. The van der Waals surface area contributed by atoms with Crippen molar-refractivity contribution in [2.24, 2.45) is 5.92 Å². The zero-order valence-corrected chi connectivity index (χ0v) is 15.7. The van der Waals surface area contributed by atoms with Crippen LogP contribution in [0.1, 0.15) is 44.7 Å². The van der Waals surface area contributed by atoms with Crippen molar-refractivity contribution < 1.29 is 13.2 Å². The largest absolute Gasteiger partial charge is 0.349 e. The molecule has 1 saturated heterocycles. The van der Waals surface area contributed by atoms with E-state index in [1.54, 1.807) is 6.07 Å². The molecule has 1 amide bonds. The molecule has 134 valence electrons. The van der Waals surface area contributed by atoms with Crippen LogP contribution in [0.5, 0.6) is 0 Å². The van der Waals surface area contributed by atoms with Crippen molar-refractivity contribution in [2.75, 3.05) is 18.8 Å². The second-order valence-corrected chi connectivity index (χ2v) is 8.82. The lowest BCUT2D eigenvalue weighted by molar-refractivity contribution is -0.126. The Balaban J connectivity index is 1.99. The third-order valence-electron chi connectivity index (χ3n) is 4.32. The number of carbonyl (C=O) groups is 1. The van der Waals surface area contributed by atoms with Crippen LogP contribution >= 0.6 is 11.6 Å². The first-order chi connectivity index (χ1) is 11.3. The van der Waals surface area contributed by atoms with Crippen LogP contribution in [-0.2, 0) is 14.8 Å². The molecule has 1 N–H and O–H groups in total. The molecule has 7 heteroatoms. The SMILES string of the molecule is CCCS(=O)(=O)N1CCC[C@@H](C(=O)N[C@@H](C)c2cccc(Cl)c2)C1. The number of carbonyl (C=O) groups excluding carboxylic acids is 1. The van der Waals surface area contributed by atoms with Crippen LogP contribution in [0.2, 0.25) is 5.02 Å². The molecule has 1 aliphatic heterocycles. The van der Waals surface area contributed by atoms with Gasteiger partial charge in [0.25, 0.3) is 0 Å². The summed E-state index contributed by atoms with van der Waals surface area (Å²) in [4.78, 5) is 12.5. The van der Waals surface area contributed by atoms with E-state index in [4.69, 9.17) is 11.6 Å². The number of nitrogens with one attached hydrogen (secondary N) is 1. The second-order valence-electron chi connectivity index (χ2n) is 6.30. The highest BCUT2D eigenvalue weighted by Gasteiger charge is 2.32. The maximum atomic E-state index is 12.5. The lowest BCUT2D eigenvalue weighted by atomic mass is 9.98. The number of amides is 1. The van der Waals surface area contributed by atoms with Crippen LogP contribution in [0.4, 0.5) is 0 Å². The number of nitrogens with zero attached hydrogens (tertiary/aromatic N) is 1. The van der Waals surface area contributed by atoms with Gasteiger partial charge in [-0.25, -0.2) is 12.7 Å². The molecule has 1 aromatic carbocycles. The molecule has 1 aliphatic rings. The fourth-order valence-corrected chi connectivity index (χ4v) is 4.77. The minimum Gasteiger partial charge on any atom is -0.349 e. The summed E-state index contributed by atoms with van der Waals surface area (Å²) in [6.45, 7) is 4.53. The zero-order chi connectivity index (χ0) is 17.7. The van der Waals surface area contributed by atoms with Crippen molar-refractivity contribution in [3.63, 3.8) is 0 Å². The lowest BCUT2D eigenvalue weighted by Gasteiger charge is -2.31. The molecule has 0 radical (unpaired) electrons. The molecular weight excluding hydrogens is 348 g/mol. The van der Waals surface area contributed by atoms with Gasteiger partial charge in [0.2, 0.25) is 15.9 Å². The first-order valence-electron chi connectivity index (χ1n) is 8.37. The summed E-state index contributed by atoms with van der Waals surface area (Å²) in [5, 5.41) is 3.61. The summed E-state index contributed by atoms with van der Waals surface area (Å²) in [5.74, 6) is -0.258. The van der Waals surface area contributed by atoms with E-state index in [9.17, 15) is 13.2 Å². The van der Waals surface area contributed by atoms with E-state index in [0.717, 1.165) is 5.56 Å². The molecule has 24 heavy (non-hydrogen) atoms. The van der Waals surface area contributed by atoms with E-state index in [-0.39, 0.29) is 30.2 Å². The monoisotopic (exact) mass is 372 g/mol. The van der Waals surface area contributed by atoms with Crippen LogP contribution in [0.15, 0.2) is 24.3 Å². The number of piperidine rings is 1. The van der Waals surface area contributed by atoms with Crippen molar-refractivity contribution in [2.45, 2.75) is 39.2 Å². The highest BCUT2D eigenvalue weighted by atomic mass is 35.5. The van der Waals surface area contributed by atoms with E-state index in [2.05, 4.69) is 5.32 Å². The lowest BCUT2D eigenvalue weighted by Crippen LogP contribution is -2.46. The van der Waals surface area contributed by atoms with Crippen LogP contribution < -0.4 is 5.32 Å². The number of hydrogen-bond donors (Lipinski definition) is 1. The summed E-state index contributed by atoms with van der Waals surface area (Å²) < 4.78 is 25.9. The standard InChI is InChI=1S/C17H25ClN2O3S/c1-3-10-24(22,23)20-9-5-7-15(12-20)17(21)19-13(2)14-6-4-8-16(18)11-14/h4,6,8,11,13,15H,3,5,7,9-10,12H2,1-2H3,(H,19,21)/t13-,15+/m0/s1. The summed E-state index contributed by atoms with van der Waals surface area (Å²) in [6.07, 6.45) is 2.01. The van der Waals surface area contributed by atoms with Gasteiger partial charge >= 0.3 is 0 Å². The van der Waals surface area contributed by atoms with Gasteiger partial charge in [0.15, 0.2) is 0 Å². The number of rotatable bonds is 6. The summed E-state index contributed by atoms with van der Waals surface area (Å²) in [6, 6.07) is 7.21. The Morgan fingerprint density at radius 3 is 2.88 bits per heavy atom. The Kier molecular flexibility index (Phi) is 6.66. The topological polar surface area (TPSA) is 66.5 Å². The van der Waals surface area contributed by atoms with Gasteiger partial charge in [-0.2, -0.15) is 0 Å². The average Bonchev–Trinajstić information content (AvgIpc) is 2.55. The van der Waals surface area contributed by atoms with Crippen molar-refractivity contribution in [3.8, 4) is 0 Å². The summed E-state index contributed by atoms with van der Waals surface area (Å²) in [7, 11) is -3.25. The quantitative estimate of drug-likeness (QED) is 0.834. The molecule has 0 bridgehead atoms. The maximum Gasteiger partial charge on any atom is 0.224 e. The van der Waals surface area contributed by atoms with Gasteiger partial charge < -0.3 is 5.32 Å². The number of halogens is 1. The molecule has 0 saturated carbocycles. The van der Waals surface area contributed by atoms with Gasteiger partial charge in [-0.05, 0) is 43.9 Å². The van der Waals surface area contributed by atoms with Crippen molar-refractivity contribution in [1.29, 1.82) is 0 Å². The van der Waals surface area contributed by atoms with E-state index in [1.165, 1.54) is 4.31 Å². The fraction of sp³-hybridized carbons (Fsp3) is 0.588. The smallest absolute Gasteiger partial charge is 0.224 e. The van der Waals surface area contributed by atoms with Crippen LogP contribution in [0.3, 0.4) is 0 Å². The van der Waals surface area contributed by atoms with Crippen molar-refractivity contribution in [1.82, 2.24) is 9.62 Å². The number of hydrogen-bond acceptors (Lipinski definition) is 3. The molecule has 0 unspecified atom stereocenters. The van der Waals surface area contributed by atoms with E-state index < -0.39 is 10.0 Å². The molecule has 0 aromatic heterocycles. The molecule has 1 aromatic rings. The average molecular weight is 373 g/mol. The second kappa shape index (κ2) is 8.32. The third-order valence-corrected chi connectivity index (χ3v) is 6.60. The van der Waals surface area contributed by atoms with Crippen LogP contribution in [0, 0.1) is 5.92 Å². The zero-order valence-electron chi connectivity index (χ0n) is 14.2. The van der Waals surface area contributed by atoms with Gasteiger partial charge in [-0.3, -0.25) is 4.79 Å². The van der Waals surface area contributed by atoms with Gasteiger partial charge in [0.05, 0.1) is 17.7 Å². The molecular formula is C17H25ClN2O3S. The Hall–Kier alpha value is -1.11. The molecule has 1 heterocycles. The van der Waals surface area contributed by atoms with Crippen molar-refractivity contribution in [3.05, 3.63) is 34.9 Å². The van der Waals surface area contributed by atoms with Crippen molar-refractivity contribution >= 4 is 27.5 Å². The van der Waals surface area contributed by atoms with Gasteiger partial charge in [0, 0.05) is 18.1 Å². The van der Waals surface area contributed by atoms with Crippen LogP contribution in [0.25, 0.3) is 0 Å². The minimum atomic E-state index is -3.25. The van der Waals surface area contributed by atoms with Gasteiger partial charge in [-0.15, -0.1) is 0 Å². The Bertz CT molecular complexity index is 678. The maximum absolute atomic E-state index is 12.5. The third kappa shape index (κ3) is 4.94. The Labute approximate surface area is 149 Å². The fourth-order valence-electron chi connectivity index (χ4n) is 2.99. The summed E-state index contributed by atoms with van der Waals surface area (Å²) in [5.41, 5.74) is 0.933. The summed E-state index contributed by atoms with van der Waals surface area (Å²) >= 11 is 5.99. The van der Waals surface area contributed by atoms with Gasteiger partial charge in [-0.1, -0.05) is 30.7 Å². The first-order valence-corrected chi connectivity index (χ1v) is 10.4.